The lowest BCUT2D eigenvalue weighted by Gasteiger charge is -2.28. The van der Waals surface area contributed by atoms with Crippen molar-refractivity contribution in [1.29, 1.82) is 0 Å². The number of nitrogens with one attached hydrogen (secondary N) is 1. The molecule has 15 heteroatoms. The van der Waals surface area contributed by atoms with E-state index in [-0.39, 0.29) is 35.1 Å². The fourth-order valence-electron chi connectivity index (χ4n) is 5.24. The zero-order chi connectivity index (χ0) is 30.2. The van der Waals surface area contributed by atoms with E-state index in [1.807, 2.05) is 17.0 Å². The molecule has 5 rings (SSSR count). The summed E-state index contributed by atoms with van der Waals surface area (Å²) in [6.45, 7) is 0.492. The van der Waals surface area contributed by atoms with Crippen molar-refractivity contribution in [2.75, 3.05) is 19.1 Å². The van der Waals surface area contributed by atoms with Crippen LogP contribution < -0.4 is 15.0 Å². The van der Waals surface area contributed by atoms with Gasteiger partial charge in [-0.25, -0.2) is 15.0 Å². The Morgan fingerprint density at radius 3 is 2.40 bits per heavy atom. The minimum Gasteiger partial charge on any atom is -0.494 e. The molecular weight excluding hydrogens is 620 g/mol. The summed E-state index contributed by atoms with van der Waals surface area (Å²) >= 11 is 0.981. The Morgan fingerprint density at radius 1 is 1.02 bits per heavy atom. The van der Waals surface area contributed by atoms with Gasteiger partial charge in [0.1, 0.15) is 22.7 Å². The van der Waals surface area contributed by atoms with E-state index in [2.05, 4.69) is 20.3 Å². The number of aromatic nitrogens is 3. The zero-order valence-electron chi connectivity index (χ0n) is 22.9. The number of anilines is 1. The summed E-state index contributed by atoms with van der Waals surface area (Å²) < 4.78 is 83.0. The SMILES string of the molecule is COc1cc(-c2ccc(CN[C@H]3C[C@@H](O)[C@@H](N(C)c4ncnc5sc(CC(F)(F)F)cc45)C3)cc2)cnc1C(F)(F)F.Cl. The van der Waals surface area contributed by atoms with E-state index in [9.17, 15) is 31.4 Å². The molecule has 1 aliphatic rings. The first kappa shape index (κ1) is 32.7. The number of fused-ring (bicyclic) bond motifs is 1. The lowest BCUT2D eigenvalue weighted by Crippen LogP contribution is -2.38. The number of benzene rings is 1. The van der Waals surface area contributed by atoms with E-state index in [0.717, 1.165) is 30.2 Å². The van der Waals surface area contributed by atoms with Gasteiger partial charge in [-0.1, -0.05) is 24.3 Å². The zero-order valence-corrected chi connectivity index (χ0v) is 24.5. The number of halogens is 7. The molecule has 2 N–H and O–H groups in total. The lowest BCUT2D eigenvalue weighted by molar-refractivity contribution is -0.142. The van der Waals surface area contributed by atoms with Gasteiger partial charge in [0, 0.05) is 36.3 Å². The Balaban J connectivity index is 0.00000423. The molecule has 0 spiro atoms. The lowest BCUT2D eigenvalue weighted by atomic mass is 10.0. The summed E-state index contributed by atoms with van der Waals surface area (Å²) in [5.41, 5.74) is 1.02. The molecule has 3 heterocycles. The number of aliphatic hydroxyl groups excluding tert-OH is 1. The minimum absolute atomic E-state index is 0. The molecule has 7 nitrogen and oxygen atoms in total. The number of pyridine rings is 1. The minimum atomic E-state index is -4.62. The molecule has 3 aromatic heterocycles. The Morgan fingerprint density at radius 2 is 1.74 bits per heavy atom. The van der Waals surface area contributed by atoms with Crippen molar-refractivity contribution in [1.82, 2.24) is 20.3 Å². The monoisotopic (exact) mass is 647 g/mol. The van der Waals surface area contributed by atoms with Gasteiger partial charge in [-0.15, -0.1) is 23.7 Å². The van der Waals surface area contributed by atoms with Crippen molar-refractivity contribution in [2.45, 2.75) is 56.3 Å². The first-order chi connectivity index (χ1) is 19.8. The van der Waals surface area contributed by atoms with Crippen molar-refractivity contribution in [3.8, 4) is 16.9 Å². The van der Waals surface area contributed by atoms with Crippen LogP contribution in [0.5, 0.6) is 5.75 Å². The van der Waals surface area contributed by atoms with Crippen LogP contribution in [0.4, 0.5) is 32.2 Å². The highest BCUT2D eigenvalue weighted by molar-refractivity contribution is 7.18. The van der Waals surface area contributed by atoms with Crippen LogP contribution in [0.1, 0.15) is 29.0 Å². The van der Waals surface area contributed by atoms with E-state index in [1.54, 1.807) is 19.2 Å². The van der Waals surface area contributed by atoms with Crippen LogP contribution in [0.15, 0.2) is 48.9 Å². The van der Waals surface area contributed by atoms with Gasteiger partial charge in [0.2, 0.25) is 0 Å². The third kappa shape index (κ3) is 7.48. The van der Waals surface area contributed by atoms with Gasteiger partial charge in [0.15, 0.2) is 5.69 Å². The summed E-state index contributed by atoms with van der Waals surface area (Å²) in [4.78, 5) is 14.4. The number of alkyl halides is 6. The third-order valence-electron chi connectivity index (χ3n) is 7.29. The van der Waals surface area contributed by atoms with Crippen LogP contribution in [0, 0.1) is 0 Å². The molecule has 1 aliphatic carbocycles. The van der Waals surface area contributed by atoms with Gasteiger partial charge in [0.25, 0.3) is 0 Å². The Kier molecular flexibility index (Phi) is 9.74. The van der Waals surface area contributed by atoms with E-state index < -0.39 is 30.6 Å². The first-order valence-electron chi connectivity index (χ1n) is 13.0. The summed E-state index contributed by atoms with van der Waals surface area (Å²) in [7, 11) is 2.93. The number of aliphatic hydroxyl groups is 1. The number of methoxy groups -OCH3 is 1. The maximum atomic E-state index is 13.1. The van der Waals surface area contributed by atoms with Gasteiger partial charge in [-0.2, -0.15) is 26.3 Å². The van der Waals surface area contributed by atoms with Crippen LogP contribution in [-0.2, 0) is 19.1 Å². The molecule has 1 saturated carbocycles. The average Bonchev–Trinajstić information content (AvgIpc) is 3.51. The highest BCUT2D eigenvalue weighted by Gasteiger charge is 2.38. The van der Waals surface area contributed by atoms with E-state index in [0.29, 0.717) is 46.5 Å². The number of hydrogen-bond acceptors (Lipinski definition) is 8. The second-order valence-corrected chi connectivity index (χ2v) is 11.3. The standard InChI is InChI=1S/C28H27F6N5O2S.ClH/c1-39(25-20-10-19(11-27(29,30)31)42-26(20)38-14-37-25)21-8-18(9-22(21)40)35-12-15-3-5-16(6-4-15)17-7-23(41-2)24(36-13-17)28(32,33)34;/h3-7,10,13-14,18,21-22,35,40H,8-9,11-12H2,1-2H3;1H/t18-,21+,22-;/m1./s1. The van der Waals surface area contributed by atoms with E-state index >= 15 is 0 Å². The third-order valence-corrected chi connectivity index (χ3v) is 8.33. The predicted octanol–water partition coefficient (Wildman–Crippen LogP) is 6.43. The highest BCUT2D eigenvalue weighted by Crippen LogP contribution is 2.38. The Bertz CT molecular complexity index is 1550. The molecule has 3 atom stereocenters. The van der Waals surface area contributed by atoms with Crippen molar-refractivity contribution in [2.24, 2.45) is 0 Å². The van der Waals surface area contributed by atoms with E-state index in [1.165, 1.54) is 18.5 Å². The Hall–Kier alpha value is -3.20. The molecule has 0 saturated heterocycles. The number of nitrogens with zero attached hydrogens (tertiary/aromatic N) is 4. The van der Waals surface area contributed by atoms with Crippen LogP contribution in [0.3, 0.4) is 0 Å². The van der Waals surface area contributed by atoms with Crippen LogP contribution in [0.25, 0.3) is 21.3 Å². The fraction of sp³-hybridized carbons (Fsp3) is 0.393. The van der Waals surface area contributed by atoms with Gasteiger partial charge in [0.05, 0.1) is 31.1 Å². The largest absolute Gasteiger partial charge is 0.494 e. The van der Waals surface area contributed by atoms with Gasteiger partial charge < -0.3 is 20.1 Å². The molecule has 43 heavy (non-hydrogen) atoms. The number of ether oxygens (including phenoxy) is 1. The molecule has 0 unspecified atom stereocenters. The Labute approximate surface area is 253 Å². The van der Waals surface area contributed by atoms with Crippen molar-refractivity contribution >= 4 is 39.8 Å². The molecule has 1 aromatic carbocycles. The van der Waals surface area contributed by atoms with Crippen LogP contribution in [0.2, 0.25) is 0 Å². The van der Waals surface area contributed by atoms with E-state index in [4.69, 9.17) is 4.74 Å². The molecule has 0 aliphatic heterocycles. The van der Waals surface area contributed by atoms with Crippen molar-refractivity contribution in [3.05, 3.63) is 65.1 Å². The molecule has 232 valence electrons. The smallest absolute Gasteiger partial charge is 0.437 e. The van der Waals surface area contributed by atoms with Crippen LogP contribution >= 0.6 is 23.7 Å². The topological polar surface area (TPSA) is 83.4 Å². The van der Waals surface area contributed by atoms with Gasteiger partial charge in [-0.3, -0.25) is 0 Å². The second kappa shape index (κ2) is 12.8. The summed E-state index contributed by atoms with van der Waals surface area (Å²) in [5, 5.41) is 14.8. The quantitative estimate of drug-likeness (QED) is 0.214. The normalized spacial score (nSPS) is 19.0. The van der Waals surface area contributed by atoms with Gasteiger partial charge >= 0.3 is 12.4 Å². The molecule has 1 fully saturated rings. The fourth-order valence-corrected chi connectivity index (χ4v) is 6.26. The number of likely N-dealkylation sites (N-methyl/N-ethyl adjacent to an activating group) is 1. The summed E-state index contributed by atoms with van der Waals surface area (Å²) in [5.74, 6) is 0.118. The van der Waals surface area contributed by atoms with Gasteiger partial charge in [-0.05, 0) is 36.1 Å². The second-order valence-electron chi connectivity index (χ2n) is 10.2. The average molecular weight is 648 g/mol. The van der Waals surface area contributed by atoms with Crippen molar-refractivity contribution in [3.63, 3.8) is 0 Å². The molecular formula is C28H28ClF6N5O2S. The molecule has 0 radical (unpaired) electrons. The number of hydrogen-bond donors (Lipinski definition) is 2. The number of rotatable bonds is 8. The predicted molar refractivity (Wildman–Crippen MR) is 154 cm³/mol. The van der Waals surface area contributed by atoms with Crippen molar-refractivity contribution < 1.29 is 36.2 Å². The molecule has 4 aromatic rings. The molecule has 0 amide bonds. The highest BCUT2D eigenvalue weighted by atomic mass is 35.5. The number of thiophene rings is 1. The maximum absolute atomic E-state index is 13.1. The summed E-state index contributed by atoms with van der Waals surface area (Å²) in [6.07, 6.45) is -7.13. The maximum Gasteiger partial charge on any atom is 0.437 e. The molecule has 0 bridgehead atoms. The summed E-state index contributed by atoms with van der Waals surface area (Å²) in [6, 6.07) is 9.72. The van der Waals surface area contributed by atoms with Crippen LogP contribution in [-0.4, -0.2) is 58.6 Å². The first-order valence-corrected chi connectivity index (χ1v) is 13.8.